The summed E-state index contributed by atoms with van der Waals surface area (Å²) in [6.07, 6.45) is 6.83. The van der Waals surface area contributed by atoms with Gasteiger partial charge in [-0.25, -0.2) is 0 Å². The van der Waals surface area contributed by atoms with Crippen molar-refractivity contribution in [2.45, 2.75) is 18.9 Å². The minimum absolute atomic E-state index is 0.667. The molecule has 10 heavy (non-hydrogen) atoms. The summed E-state index contributed by atoms with van der Waals surface area (Å²) in [4.78, 5) is 0. The predicted octanol–water partition coefficient (Wildman–Crippen LogP) is 0.430. The van der Waals surface area contributed by atoms with Gasteiger partial charge in [0.15, 0.2) is 0 Å². The molecule has 2 N–H and O–H groups in total. The van der Waals surface area contributed by atoms with E-state index in [-0.39, 0.29) is 0 Å². The Labute approximate surface area is 61.7 Å². The summed E-state index contributed by atoms with van der Waals surface area (Å²) >= 11 is 0. The second-order valence-electron chi connectivity index (χ2n) is 2.97. The van der Waals surface area contributed by atoms with Gasteiger partial charge in [-0.05, 0) is 12.8 Å². The normalized spacial score (nSPS) is 33.8. The summed E-state index contributed by atoms with van der Waals surface area (Å²) < 4.78 is 0. The second-order valence-corrected chi connectivity index (χ2v) is 2.97. The second kappa shape index (κ2) is 2.72. The van der Waals surface area contributed by atoms with Gasteiger partial charge in [0.05, 0.1) is 6.04 Å². The highest BCUT2D eigenvalue weighted by Crippen LogP contribution is 2.12. The smallest absolute Gasteiger partial charge is 0.0541 e. The van der Waals surface area contributed by atoms with E-state index in [2.05, 4.69) is 22.8 Å². The van der Waals surface area contributed by atoms with Gasteiger partial charge in [-0.3, -0.25) is 0 Å². The van der Waals surface area contributed by atoms with Crippen LogP contribution in [0.15, 0.2) is 12.2 Å². The van der Waals surface area contributed by atoms with Gasteiger partial charge in [0.1, 0.15) is 0 Å². The topological polar surface area (TPSA) is 24.1 Å². The predicted molar refractivity (Wildman–Crippen MR) is 41.4 cm³/mol. The zero-order chi connectivity index (χ0) is 6.81. The third-order valence-corrected chi connectivity index (χ3v) is 2.15. The molecule has 2 bridgehead atoms. The maximum atomic E-state index is 3.47. The van der Waals surface area contributed by atoms with Gasteiger partial charge in [0.2, 0.25) is 0 Å². The Kier molecular flexibility index (Phi) is 1.74. The van der Waals surface area contributed by atoms with Crippen LogP contribution in [0.5, 0.6) is 0 Å². The maximum absolute atomic E-state index is 3.47. The van der Waals surface area contributed by atoms with E-state index in [1.165, 1.54) is 12.5 Å². The van der Waals surface area contributed by atoms with E-state index in [0.29, 0.717) is 6.04 Å². The van der Waals surface area contributed by atoms with Crippen molar-refractivity contribution >= 4 is 0 Å². The summed E-state index contributed by atoms with van der Waals surface area (Å²) in [6.45, 7) is 2.18. The zero-order valence-corrected chi connectivity index (χ0v) is 6.06. The number of nitrogens with one attached hydrogen (secondary N) is 2. The highest BCUT2D eigenvalue weighted by Gasteiger charge is 2.19. The minimum atomic E-state index is 0.667. The maximum Gasteiger partial charge on any atom is 0.0541 e. The summed E-state index contributed by atoms with van der Waals surface area (Å²) in [7, 11) is 0. The van der Waals surface area contributed by atoms with Crippen molar-refractivity contribution in [2.24, 2.45) is 0 Å². The summed E-state index contributed by atoms with van der Waals surface area (Å²) in [5, 5.41) is 6.89. The molecule has 1 radical (unpaired) electrons. The van der Waals surface area contributed by atoms with Crippen LogP contribution in [0.4, 0.5) is 0 Å². The molecule has 0 aromatic rings. The van der Waals surface area contributed by atoms with Gasteiger partial charge in [0.25, 0.3) is 0 Å². The van der Waals surface area contributed by atoms with Crippen LogP contribution < -0.4 is 10.6 Å². The van der Waals surface area contributed by atoms with Crippen LogP contribution in [0.25, 0.3) is 0 Å². The molecule has 0 spiro atoms. The Hall–Kier alpha value is -0.340. The molecule has 1 atom stereocenters. The molecule has 55 valence electrons. The molecule has 3 rings (SSSR count). The van der Waals surface area contributed by atoms with Gasteiger partial charge in [-0.1, -0.05) is 12.2 Å². The lowest BCUT2D eigenvalue weighted by molar-refractivity contribution is 0.406. The largest absolute Gasteiger partial charge is 0.310 e. The molecule has 2 nitrogen and oxygen atoms in total. The number of piperazine rings is 1. The van der Waals surface area contributed by atoms with E-state index < -0.39 is 0 Å². The molecule has 1 fully saturated rings. The van der Waals surface area contributed by atoms with E-state index in [0.717, 1.165) is 19.5 Å². The fraction of sp³-hybridized carbons (Fsp3) is 0.625. The van der Waals surface area contributed by atoms with Gasteiger partial charge in [0, 0.05) is 19.1 Å². The Morgan fingerprint density at radius 1 is 1.40 bits per heavy atom. The molecule has 3 aliphatic rings. The Balaban J connectivity index is 2.06. The fourth-order valence-corrected chi connectivity index (χ4v) is 1.47. The van der Waals surface area contributed by atoms with Crippen molar-refractivity contribution < 1.29 is 0 Å². The van der Waals surface area contributed by atoms with Crippen LogP contribution >= 0.6 is 0 Å². The molecular weight excluding hydrogens is 124 g/mol. The van der Waals surface area contributed by atoms with Crippen molar-refractivity contribution in [3.8, 4) is 0 Å². The van der Waals surface area contributed by atoms with Crippen LogP contribution in [-0.4, -0.2) is 19.1 Å². The molecule has 1 unspecified atom stereocenters. The quantitative estimate of drug-likeness (QED) is 0.473. The Bertz CT molecular complexity index is 118. The fourth-order valence-electron chi connectivity index (χ4n) is 1.47. The summed E-state index contributed by atoms with van der Waals surface area (Å²) in [6, 6.07) is 2.10. The average Bonchev–Trinajstić information content (AvgIpc) is 1.89. The van der Waals surface area contributed by atoms with Gasteiger partial charge < -0.3 is 10.6 Å². The molecule has 0 aromatic heterocycles. The molecule has 3 aliphatic heterocycles. The van der Waals surface area contributed by atoms with Crippen LogP contribution in [-0.2, 0) is 0 Å². The highest BCUT2D eigenvalue weighted by molar-refractivity contribution is 5.06. The van der Waals surface area contributed by atoms with E-state index in [1.807, 2.05) is 0 Å². The molecule has 3 heterocycles. The van der Waals surface area contributed by atoms with Gasteiger partial charge in [-0.15, -0.1) is 0 Å². The van der Waals surface area contributed by atoms with E-state index in [9.17, 15) is 0 Å². The van der Waals surface area contributed by atoms with Crippen LogP contribution in [0.3, 0.4) is 0 Å². The first-order valence-corrected chi connectivity index (χ1v) is 3.92. The van der Waals surface area contributed by atoms with Gasteiger partial charge >= 0.3 is 0 Å². The van der Waals surface area contributed by atoms with Crippen LogP contribution in [0, 0.1) is 6.04 Å². The summed E-state index contributed by atoms with van der Waals surface area (Å²) in [5.74, 6) is 0. The minimum Gasteiger partial charge on any atom is -0.310 e. The van der Waals surface area contributed by atoms with Crippen molar-refractivity contribution in [1.29, 1.82) is 0 Å². The van der Waals surface area contributed by atoms with Gasteiger partial charge in [-0.2, -0.15) is 0 Å². The molecular formula is C8H13N2. The molecule has 0 aromatic carbocycles. The lowest BCUT2D eigenvalue weighted by Crippen LogP contribution is -2.50. The van der Waals surface area contributed by atoms with Crippen LogP contribution in [0.1, 0.15) is 12.8 Å². The Morgan fingerprint density at radius 3 is 3.20 bits per heavy atom. The van der Waals surface area contributed by atoms with Crippen molar-refractivity contribution in [3.05, 3.63) is 18.2 Å². The van der Waals surface area contributed by atoms with E-state index in [1.54, 1.807) is 0 Å². The molecule has 1 saturated heterocycles. The zero-order valence-electron chi connectivity index (χ0n) is 6.06. The standard InChI is InChI=1S/C8H13N2/c1-2-4-8-6-9-7(3-1)5-10-8/h1-2,7,9-10H,3-6H2. The summed E-state index contributed by atoms with van der Waals surface area (Å²) in [5.41, 5.74) is 0. The first-order valence-electron chi connectivity index (χ1n) is 3.92. The van der Waals surface area contributed by atoms with E-state index >= 15 is 0 Å². The molecule has 0 amide bonds. The third kappa shape index (κ3) is 1.22. The van der Waals surface area contributed by atoms with Crippen molar-refractivity contribution in [2.75, 3.05) is 13.1 Å². The number of fused-ring (bicyclic) bond motifs is 4. The first-order chi connectivity index (χ1) is 4.95. The highest BCUT2D eigenvalue weighted by atomic mass is 15.1. The van der Waals surface area contributed by atoms with Crippen molar-refractivity contribution in [1.82, 2.24) is 10.6 Å². The molecule has 0 saturated carbocycles. The molecule has 0 aliphatic carbocycles. The lowest BCUT2D eigenvalue weighted by Gasteiger charge is -2.31. The average molecular weight is 137 g/mol. The Morgan fingerprint density at radius 2 is 2.40 bits per heavy atom. The third-order valence-electron chi connectivity index (χ3n) is 2.15. The number of hydrogen-bond acceptors (Lipinski definition) is 2. The molecule has 2 heteroatoms. The van der Waals surface area contributed by atoms with Crippen LogP contribution in [0.2, 0.25) is 0 Å². The monoisotopic (exact) mass is 137 g/mol. The first kappa shape index (κ1) is 6.38. The van der Waals surface area contributed by atoms with E-state index in [4.69, 9.17) is 0 Å². The van der Waals surface area contributed by atoms with Crippen molar-refractivity contribution in [3.63, 3.8) is 0 Å². The number of rotatable bonds is 0. The number of hydrogen-bond donors (Lipinski definition) is 2. The SMILES string of the molecule is C1=CCC2CN[C](C1)CN2. The lowest BCUT2D eigenvalue weighted by atomic mass is 10.0.